The zero-order chi connectivity index (χ0) is 17.0. The van der Waals surface area contributed by atoms with E-state index in [4.69, 9.17) is 4.74 Å². The molecule has 0 aliphatic carbocycles. The van der Waals surface area contributed by atoms with Crippen molar-refractivity contribution < 1.29 is 9.66 Å². The Morgan fingerprint density at radius 2 is 2.13 bits per heavy atom. The number of nitrogens with zero attached hydrogens (tertiary/aromatic N) is 3. The Hall–Kier alpha value is -1.63. The molecule has 0 spiro atoms. The first-order chi connectivity index (χ1) is 11.0. The van der Waals surface area contributed by atoms with Crippen LogP contribution in [0.1, 0.15) is 52.1 Å². The molecule has 2 atom stereocenters. The van der Waals surface area contributed by atoms with E-state index in [1.54, 1.807) is 11.7 Å². The lowest BCUT2D eigenvalue weighted by molar-refractivity contribution is -0.384. The van der Waals surface area contributed by atoms with E-state index in [1.165, 1.54) is 0 Å². The van der Waals surface area contributed by atoms with Gasteiger partial charge in [0.15, 0.2) is 0 Å². The topological polar surface area (TPSA) is 82.2 Å². The fraction of sp³-hybridized carbons (Fsp3) is 0.812. The summed E-state index contributed by atoms with van der Waals surface area (Å²) in [4.78, 5) is 11.1. The third-order valence-corrected chi connectivity index (χ3v) is 4.84. The number of nitrogens with one attached hydrogen (secondary N) is 1. The molecule has 7 nitrogen and oxygen atoms in total. The Kier molecular flexibility index (Phi) is 5.98. The molecule has 23 heavy (non-hydrogen) atoms. The molecule has 1 saturated heterocycles. The van der Waals surface area contributed by atoms with E-state index < -0.39 is 0 Å². The van der Waals surface area contributed by atoms with Crippen LogP contribution in [0, 0.1) is 16.0 Å². The molecule has 0 saturated carbocycles. The summed E-state index contributed by atoms with van der Waals surface area (Å²) in [6.07, 6.45) is 4.72. The second-order valence-electron chi connectivity index (χ2n) is 6.23. The van der Waals surface area contributed by atoms with Gasteiger partial charge in [0.25, 0.3) is 0 Å². The van der Waals surface area contributed by atoms with Gasteiger partial charge in [-0.05, 0) is 25.2 Å². The number of nitro groups is 1. The lowest BCUT2D eigenvalue weighted by Crippen LogP contribution is -2.38. The van der Waals surface area contributed by atoms with Crippen molar-refractivity contribution >= 4 is 11.5 Å². The third-order valence-electron chi connectivity index (χ3n) is 4.84. The molecule has 2 unspecified atom stereocenters. The number of aryl methyl sites for hydroxylation is 2. The first-order valence-corrected chi connectivity index (χ1v) is 8.60. The predicted octanol–water partition coefficient (Wildman–Crippen LogP) is 3.29. The summed E-state index contributed by atoms with van der Waals surface area (Å²) in [5.74, 6) is 1.06. The van der Waals surface area contributed by atoms with Crippen LogP contribution in [0.15, 0.2) is 0 Å². The molecular formula is C16H28N4O3. The molecule has 0 bridgehead atoms. The van der Waals surface area contributed by atoms with E-state index in [1.807, 2.05) is 6.92 Å². The van der Waals surface area contributed by atoms with Crippen molar-refractivity contribution in [3.8, 4) is 0 Å². The van der Waals surface area contributed by atoms with Crippen LogP contribution in [0.5, 0.6) is 0 Å². The van der Waals surface area contributed by atoms with Crippen molar-refractivity contribution in [3.05, 3.63) is 15.8 Å². The highest BCUT2D eigenvalue weighted by Crippen LogP contribution is 2.32. The second kappa shape index (κ2) is 7.77. The molecule has 0 radical (unpaired) electrons. The fourth-order valence-corrected chi connectivity index (χ4v) is 3.46. The number of aromatic nitrogens is 2. The zero-order valence-corrected chi connectivity index (χ0v) is 14.5. The summed E-state index contributed by atoms with van der Waals surface area (Å²) in [6, 6.07) is 0.188. The average Bonchev–Trinajstić information content (AvgIpc) is 2.85. The van der Waals surface area contributed by atoms with Crippen molar-refractivity contribution in [1.82, 2.24) is 9.78 Å². The highest BCUT2D eigenvalue weighted by atomic mass is 16.6. The van der Waals surface area contributed by atoms with E-state index in [-0.39, 0.29) is 22.8 Å². The maximum atomic E-state index is 11.4. The van der Waals surface area contributed by atoms with E-state index >= 15 is 0 Å². The minimum absolute atomic E-state index is 0.112. The van der Waals surface area contributed by atoms with Crippen LogP contribution in [0.25, 0.3) is 0 Å². The smallest absolute Gasteiger partial charge is 0.333 e. The number of hydrogen-bond donors (Lipinski definition) is 1. The van der Waals surface area contributed by atoms with Crippen LogP contribution >= 0.6 is 0 Å². The predicted molar refractivity (Wildman–Crippen MR) is 89.7 cm³/mol. The van der Waals surface area contributed by atoms with Gasteiger partial charge in [0.1, 0.15) is 5.69 Å². The van der Waals surface area contributed by atoms with Crippen molar-refractivity contribution in [2.24, 2.45) is 13.0 Å². The van der Waals surface area contributed by atoms with E-state index in [0.29, 0.717) is 30.5 Å². The van der Waals surface area contributed by atoms with Gasteiger partial charge < -0.3 is 10.1 Å². The molecule has 2 rings (SSSR count). The van der Waals surface area contributed by atoms with Gasteiger partial charge >= 0.3 is 5.69 Å². The van der Waals surface area contributed by atoms with Crippen LogP contribution in [0.3, 0.4) is 0 Å². The monoisotopic (exact) mass is 324 g/mol. The van der Waals surface area contributed by atoms with Crippen molar-refractivity contribution in [3.63, 3.8) is 0 Å². The summed E-state index contributed by atoms with van der Waals surface area (Å²) < 4.78 is 7.52. The lowest BCUT2D eigenvalue weighted by Gasteiger charge is -2.34. The molecule has 1 aliphatic rings. The SMILES string of the molecule is CCc1nn(C)c(NC2CCOC(C(CC)CC)C2)c1[N+](=O)[O-]. The van der Waals surface area contributed by atoms with Crippen molar-refractivity contribution in [1.29, 1.82) is 0 Å². The molecular weight excluding hydrogens is 296 g/mol. The first kappa shape index (κ1) is 17.7. The van der Waals surface area contributed by atoms with Crippen molar-refractivity contribution in [2.75, 3.05) is 11.9 Å². The Morgan fingerprint density at radius 3 is 2.70 bits per heavy atom. The normalized spacial score (nSPS) is 21.6. The largest absolute Gasteiger partial charge is 0.378 e. The Labute approximate surface area is 137 Å². The molecule has 1 fully saturated rings. The number of anilines is 1. The number of ether oxygens (including phenoxy) is 1. The van der Waals surface area contributed by atoms with Gasteiger partial charge in [-0.3, -0.25) is 10.1 Å². The second-order valence-corrected chi connectivity index (χ2v) is 6.23. The quantitative estimate of drug-likeness (QED) is 0.615. The number of hydrogen-bond acceptors (Lipinski definition) is 5. The average molecular weight is 324 g/mol. The van der Waals surface area contributed by atoms with Crippen LogP contribution in [-0.4, -0.2) is 33.5 Å². The molecule has 1 aromatic rings. The molecule has 0 amide bonds. The molecule has 7 heteroatoms. The summed E-state index contributed by atoms with van der Waals surface area (Å²) in [6.45, 7) is 6.96. The third kappa shape index (κ3) is 3.83. The minimum atomic E-state index is -0.328. The highest BCUT2D eigenvalue weighted by molar-refractivity contribution is 5.60. The standard InChI is InChI=1S/C16H28N4O3/c1-5-11(6-2)14-10-12(8-9-23-14)17-16-15(20(21)22)13(7-3)18-19(16)4/h11-12,14,17H,5-10H2,1-4H3. The summed E-state index contributed by atoms with van der Waals surface area (Å²) >= 11 is 0. The maximum absolute atomic E-state index is 11.4. The Morgan fingerprint density at radius 1 is 1.43 bits per heavy atom. The highest BCUT2D eigenvalue weighted by Gasteiger charge is 2.31. The van der Waals surface area contributed by atoms with Gasteiger partial charge in [0, 0.05) is 19.7 Å². The van der Waals surface area contributed by atoms with Gasteiger partial charge in [0.05, 0.1) is 11.0 Å². The van der Waals surface area contributed by atoms with Gasteiger partial charge in [-0.2, -0.15) is 5.10 Å². The lowest BCUT2D eigenvalue weighted by atomic mass is 9.89. The van der Waals surface area contributed by atoms with Gasteiger partial charge in [-0.25, -0.2) is 4.68 Å². The molecule has 1 N–H and O–H groups in total. The number of rotatable bonds is 7. The molecule has 2 heterocycles. The Bertz CT molecular complexity index is 540. The maximum Gasteiger partial charge on any atom is 0.333 e. The molecule has 0 aromatic carbocycles. The van der Waals surface area contributed by atoms with Crippen LogP contribution < -0.4 is 5.32 Å². The van der Waals surface area contributed by atoms with Gasteiger partial charge in [0.2, 0.25) is 5.82 Å². The summed E-state index contributed by atoms with van der Waals surface area (Å²) in [5.41, 5.74) is 0.643. The van der Waals surface area contributed by atoms with E-state index in [2.05, 4.69) is 24.3 Å². The molecule has 130 valence electrons. The van der Waals surface area contributed by atoms with Crippen LogP contribution in [0.4, 0.5) is 11.5 Å². The molecule has 1 aromatic heterocycles. The zero-order valence-electron chi connectivity index (χ0n) is 14.5. The molecule has 1 aliphatic heterocycles. The first-order valence-electron chi connectivity index (χ1n) is 8.60. The Balaban J connectivity index is 2.16. The van der Waals surface area contributed by atoms with E-state index in [0.717, 1.165) is 25.7 Å². The minimum Gasteiger partial charge on any atom is -0.378 e. The fourth-order valence-electron chi connectivity index (χ4n) is 3.46. The van der Waals surface area contributed by atoms with Crippen LogP contribution in [0.2, 0.25) is 0 Å². The summed E-state index contributed by atoms with van der Waals surface area (Å²) in [5, 5.41) is 19.1. The van der Waals surface area contributed by atoms with E-state index in [9.17, 15) is 10.1 Å². The van der Waals surface area contributed by atoms with Gasteiger partial charge in [-0.1, -0.05) is 33.6 Å². The van der Waals surface area contributed by atoms with Crippen molar-refractivity contribution in [2.45, 2.75) is 65.0 Å². The van der Waals surface area contributed by atoms with Gasteiger partial charge in [-0.15, -0.1) is 0 Å². The van der Waals surface area contributed by atoms with Crippen LogP contribution in [-0.2, 0) is 18.2 Å². The summed E-state index contributed by atoms with van der Waals surface area (Å²) in [7, 11) is 1.76.